The average Bonchev–Trinajstić information content (AvgIpc) is 2.70. The van der Waals surface area contributed by atoms with E-state index < -0.39 is 5.82 Å². The molecule has 0 spiro atoms. The molecule has 0 unspecified atom stereocenters. The van der Waals surface area contributed by atoms with Crippen LogP contribution in [0.3, 0.4) is 0 Å². The Balaban J connectivity index is 1.75. The second kappa shape index (κ2) is 7.13. The van der Waals surface area contributed by atoms with Crippen molar-refractivity contribution in [2.75, 3.05) is 31.2 Å². The van der Waals surface area contributed by atoms with Crippen LogP contribution < -0.4 is 4.90 Å². The van der Waals surface area contributed by atoms with E-state index in [1.165, 1.54) is 6.20 Å². The summed E-state index contributed by atoms with van der Waals surface area (Å²) in [6.07, 6.45) is 2.93. The third-order valence-electron chi connectivity index (χ3n) is 4.27. The molecule has 4 rings (SSSR count). The first-order valence-corrected chi connectivity index (χ1v) is 8.47. The summed E-state index contributed by atoms with van der Waals surface area (Å²) in [5.74, 6) is 0.264. The summed E-state index contributed by atoms with van der Waals surface area (Å²) in [7, 11) is 0. The second-order valence-electron chi connectivity index (χ2n) is 6.04. The van der Waals surface area contributed by atoms with Crippen molar-refractivity contribution in [1.82, 2.24) is 19.9 Å². The molecule has 132 valence electrons. The lowest BCUT2D eigenvalue weighted by Gasteiger charge is -2.28. The van der Waals surface area contributed by atoms with Gasteiger partial charge in [0.25, 0.3) is 0 Å². The average molecular weight is 351 g/mol. The molecule has 1 fully saturated rings. The fourth-order valence-corrected chi connectivity index (χ4v) is 2.88. The zero-order chi connectivity index (χ0) is 17.9. The standard InChI is InChI=1S/C19H18FN5O/c1-13-5-6-16(15-4-2-3-7-21-15)23-17(13)18-22-12-14(20)19(24-18)25-8-10-26-11-9-25/h2-7,12H,8-11H2,1H3. The number of rotatable bonds is 3. The largest absolute Gasteiger partial charge is 0.378 e. The highest BCUT2D eigenvalue weighted by atomic mass is 19.1. The molecule has 26 heavy (non-hydrogen) atoms. The van der Waals surface area contributed by atoms with Crippen LogP contribution >= 0.6 is 0 Å². The van der Waals surface area contributed by atoms with Crippen LogP contribution in [0, 0.1) is 12.7 Å². The lowest BCUT2D eigenvalue weighted by Crippen LogP contribution is -2.37. The molecule has 6 nitrogen and oxygen atoms in total. The number of hydrogen-bond acceptors (Lipinski definition) is 6. The molecular weight excluding hydrogens is 333 g/mol. The monoisotopic (exact) mass is 351 g/mol. The van der Waals surface area contributed by atoms with Crippen molar-refractivity contribution >= 4 is 5.82 Å². The van der Waals surface area contributed by atoms with Crippen LogP contribution in [-0.2, 0) is 4.74 Å². The smallest absolute Gasteiger partial charge is 0.183 e. The molecule has 0 amide bonds. The Hall–Kier alpha value is -2.93. The van der Waals surface area contributed by atoms with Crippen LogP contribution in [0.1, 0.15) is 5.56 Å². The van der Waals surface area contributed by atoms with Crippen LogP contribution in [-0.4, -0.2) is 46.2 Å². The lowest BCUT2D eigenvalue weighted by molar-refractivity contribution is 0.122. The molecule has 0 atom stereocenters. The fourth-order valence-electron chi connectivity index (χ4n) is 2.88. The summed E-state index contributed by atoms with van der Waals surface area (Å²) in [5.41, 5.74) is 3.04. The van der Waals surface area contributed by atoms with E-state index in [-0.39, 0.29) is 0 Å². The van der Waals surface area contributed by atoms with Gasteiger partial charge in [-0.05, 0) is 30.7 Å². The SMILES string of the molecule is Cc1ccc(-c2ccccn2)nc1-c1ncc(F)c(N2CCOCC2)n1. The third-order valence-corrected chi connectivity index (χ3v) is 4.27. The van der Waals surface area contributed by atoms with Gasteiger partial charge in [-0.3, -0.25) is 4.98 Å². The first-order valence-electron chi connectivity index (χ1n) is 8.47. The van der Waals surface area contributed by atoms with E-state index in [2.05, 4.69) is 19.9 Å². The number of nitrogens with zero attached hydrogens (tertiary/aromatic N) is 5. The predicted molar refractivity (Wildman–Crippen MR) is 96.2 cm³/mol. The van der Waals surface area contributed by atoms with Gasteiger partial charge in [0.2, 0.25) is 0 Å². The Kier molecular flexibility index (Phi) is 4.53. The summed E-state index contributed by atoms with van der Waals surface area (Å²) in [6.45, 7) is 4.27. The highest BCUT2D eigenvalue weighted by Crippen LogP contribution is 2.25. The molecule has 0 aliphatic carbocycles. The number of halogens is 1. The number of ether oxygens (including phenoxy) is 1. The molecule has 0 bridgehead atoms. The van der Waals surface area contributed by atoms with Crippen molar-refractivity contribution in [3.63, 3.8) is 0 Å². The zero-order valence-electron chi connectivity index (χ0n) is 14.4. The summed E-state index contributed by atoms with van der Waals surface area (Å²) >= 11 is 0. The van der Waals surface area contributed by atoms with Crippen LogP contribution in [0.15, 0.2) is 42.7 Å². The van der Waals surface area contributed by atoms with Gasteiger partial charge in [-0.15, -0.1) is 0 Å². The normalized spacial score (nSPS) is 14.5. The van der Waals surface area contributed by atoms with Crippen LogP contribution in [0.4, 0.5) is 10.2 Å². The van der Waals surface area contributed by atoms with Crippen molar-refractivity contribution in [1.29, 1.82) is 0 Å². The molecule has 0 N–H and O–H groups in total. The minimum atomic E-state index is -0.436. The van der Waals surface area contributed by atoms with Crippen LogP contribution in [0.5, 0.6) is 0 Å². The third kappa shape index (κ3) is 3.25. The van der Waals surface area contributed by atoms with Crippen LogP contribution in [0.2, 0.25) is 0 Å². The molecule has 0 saturated carbocycles. The minimum Gasteiger partial charge on any atom is -0.378 e. The molecular formula is C19H18FN5O. The minimum absolute atomic E-state index is 0.294. The van der Waals surface area contributed by atoms with E-state index >= 15 is 0 Å². The fraction of sp³-hybridized carbons (Fsp3) is 0.263. The van der Waals surface area contributed by atoms with Gasteiger partial charge >= 0.3 is 0 Å². The van der Waals surface area contributed by atoms with Crippen molar-refractivity contribution in [2.24, 2.45) is 0 Å². The van der Waals surface area contributed by atoms with E-state index in [1.54, 1.807) is 6.20 Å². The van der Waals surface area contributed by atoms with Gasteiger partial charge < -0.3 is 9.64 Å². The van der Waals surface area contributed by atoms with Crippen molar-refractivity contribution in [3.8, 4) is 22.9 Å². The van der Waals surface area contributed by atoms with Crippen molar-refractivity contribution in [2.45, 2.75) is 6.92 Å². The molecule has 1 aliphatic rings. The molecule has 3 aromatic heterocycles. The predicted octanol–water partition coefficient (Wildman–Crippen LogP) is 2.88. The molecule has 0 aromatic carbocycles. The molecule has 1 aliphatic heterocycles. The summed E-state index contributed by atoms with van der Waals surface area (Å²) in [6, 6.07) is 9.53. The van der Waals surface area contributed by atoms with Gasteiger partial charge in [-0.1, -0.05) is 12.1 Å². The highest BCUT2D eigenvalue weighted by Gasteiger charge is 2.19. The molecule has 7 heteroatoms. The zero-order valence-corrected chi connectivity index (χ0v) is 14.4. The number of anilines is 1. The molecule has 0 radical (unpaired) electrons. The van der Waals surface area contributed by atoms with Gasteiger partial charge in [0.05, 0.1) is 30.8 Å². The molecule has 4 heterocycles. The number of morpholine rings is 1. The number of aryl methyl sites for hydroxylation is 1. The Morgan fingerprint density at radius 2 is 1.85 bits per heavy atom. The summed E-state index contributed by atoms with van der Waals surface area (Å²) < 4.78 is 19.6. The van der Waals surface area contributed by atoms with Gasteiger partial charge in [-0.25, -0.2) is 19.3 Å². The van der Waals surface area contributed by atoms with Crippen molar-refractivity contribution in [3.05, 3.63) is 54.1 Å². The van der Waals surface area contributed by atoms with Crippen molar-refractivity contribution < 1.29 is 9.13 Å². The van der Waals surface area contributed by atoms with Gasteiger partial charge in [0, 0.05) is 19.3 Å². The van der Waals surface area contributed by atoms with Gasteiger partial charge in [0.15, 0.2) is 17.5 Å². The van der Waals surface area contributed by atoms with E-state index in [1.807, 2.05) is 42.2 Å². The number of pyridine rings is 2. The van der Waals surface area contributed by atoms with Crippen LogP contribution in [0.25, 0.3) is 22.9 Å². The molecule has 1 saturated heterocycles. The first-order chi connectivity index (χ1) is 12.7. The van der Waals surface area contributed by atoms with E-state index in [4.69, 9.17) is 4.74 Å². The Morgan fingerprint density at radius 3 is 2.62 bits per heavy atom. The van der Waals surface area contributed by atoms with E-state index in [9.17, 15) is 4.39 Å². The summed E-state index contributed by atoms with van der Waals surface area (Å²) in [4.78, 5) is 19.5. The maximum atomic E-state index is 14.3. The van der Waals surface area contributed by atoms with Gasteiger partial charge in [-0.2, -0.15) is 0 Å². The van der Waals surface area contributed by atoms with E-state index in [0.717, 1.165) is 17.0 Å². The molecule has 3 aromatic rings. The topological polar surface area (TPSA) is 64.0 Å². The maximum absolute atomic E-state index is 14.3. The lowest BCUT2D eigenvalue weighted by atomic mass is 10.1. The van der Waals surface area contributed by atoms with Gasteiger partial charge in [0.1, 0.15) is 5.69 Å². The van der Waals surface area contributed by atoms with E-state index in [0.29, 0.717) is 43.6 Å². The maximum Gasteiger partial charge on any atom is 0.183 e. The first kappa shape index (κ1) is 16.5. The Labute approximate surface area is 150 Å². The highest BCUT2D eigenvalue weighted by molar-refractivity contribution is 5.63. The quantitative estimate of drug-likeness (QED) is 0.723. The number of hydrogen-bond donors (Lipinski definition) is 0. The Morgan fingerprint density at radius 1 is 1.00 bits per heavy atom. The second-order valence-corrected chi connectivity index (χ2v) is 6.04. The Bertz CT molecular complexity index is 913. The summed E-state index contributed by atoms with van der Waals surface area (Å²) in [5, 5.41) is 0. The number of aromatic nitrogens is 4.